The number of carbonyl (C=O) groups is 1. The Morgan fingerprint density at radius 2 is 1.82 bits per heavy atom. The molecule has 1 saturated carbocycles. The Morgan fingerprint density at radius 1 is 1.11 bits per heavy atom. The van der Waals surface area contributed by atoms with Crippen molar-refractivity contribution in [3.05, 3.63) is 23.8 Å². The monoisotopic (exact) mass is 408 g/mol. The van der Waals surface area contributed by atoms with Crippen LogP contribution in [-0.4, -0.2) is 44.4 Å². The van der Waals surface area contributed by atoms with Gasteiger partial charge in [-0.2, -0.15) is 4.31 Å². The van der Waals surface area contributed by atoms with Gasteiger partial charge >= 0.3 is 0 Å². The van der Waals surface area contributed by atoms with Gasteiger partial charge < -0.3 is 10.1 Å². The summed E-state index contributed by atoms with van der Waals surface area (Å²) in [6.45, 7) is 4.67. The number of nitrogens with one attached hydrogen (secondary N) is 1. The number of rotatable bonds is 5. The molecule has 7 heteroatoms. The number of amides is 1. The Hall–Kier alpha value is -1.60. The molecule has 0 bridgehead atoms. The average Bonchev–Trinajstić information content (AvgIpc) is 2.69. The maximum atomic E-state index is 13.3. The summed E-state index contributed by atoms with van der Waals surface area (Å²) in [6, 6.07) is 4.80. The Labute approximate surface area is 168 Å². The van der Waals surface area contributed by atoms with Crippen LogP contribution in [-0.2, 0) is 10.0 Å². The van der Waals surface area contributed by atoms with E-state index in [0.717, 1.165) is 44.9 Å². The number of carbonyl (C=O) groups excluding carboxylic acids is 1. The predicted molar refractivity (Wildman–Crippen MR) is 109 cm³/mol. The number of benzene rings is 1. The third kappa shape index (κ3) is 4.51. The van der Waals surface area contributed by atoms with Crippen molar-refractivity contribution in [3.8, 4) is 5.75 Å². The van der Waals surface area contributed by atoms with Crippen LogP contribution in [0.5, 0.6) is 5.75 Å². The molecule has 1 aliphatic heterocycles. The lowest BCUT2D eigenvalue weighted by atomic mass is 9.87. The quantitative estimate of drug-likeness (QED) is 0.808. The van der Waals surface area contributed by atoms with Gasteiger partial charge in [-0.05, 0) is 69.6 Å². The molecule has 1 unspecified atom stereocenters. The number of sulfonamides is 1. The third-order valence-electron chi connectivity index (χ3n) is 6.11. The van der Waals surface area contributed by atoms with Gasteiger partial charge in [0.1, 0.15) is 10.6 Å². The summed E-state index contributed by atoms with van der Waals surface area (Å²) in [5, 5.41) is 3.07. The molecule has 1 heterocycles. The second-order valence-corrected chi connectivity index (χ2v) is 10.1. The lowest BCUT2D eigenvalue weighted by Gasteiger charge is -2.32. The summed E-state index contributed by atoms with van der Waals surface area (Å²) in [5.74, 6) is 0.767. The van der Waals surface area contributed by atoms with E-state index in [-0.39, 0.29) is 28.6 Å². The Bertz CT molecular complexity index is 801. The molecule has 6 nitrogen and oxygen atoms in total. The van der Waals surface area contributed by atoms with Crippen molar-refractivity contribution in [2.75, 3.05) is 13.7 Å². The van der Waals surface area contributed by atoms with E-state index in [1.165, 1.54) is 13.2 Å². The van der Waals surface area contributed by atoms with Crippen LogP contribution in [0.15, 0.2) is 23.1 Å². The molecule has 0 aromatic heterocycles. The van der Waals surface area contributed by atoms with E-state index in [9.17, 15) is 13.2 Å². The lowest BCUT2D eigenvalue weighted by molar-refractivity contribution is 0.0922. The minimum Gasteiger partial charge on any atom is -0.495 e. The van der Waals surface area contributed by atoms with Crippen molar-refractivity contribution < 1.29 is 17.9 Å². The first-order valence-electron chi connectivity index (χ1n) is 10.3. The minimum atomic E-state index is -3.72. The predicted octanol–water partition coefficient (Wildman–Crippen LogP) is 3.57. The standard InChI is InChI=1S/C21H32N2O4S/c1-15-7-10-18(11-8-15)22-21(24)17-9-12-19(27-3)20(14-17)28(25,26)23-13-5-4-6-16(23)2/h9,12,14-16,18H,4-8,10-11,13H2,1-3H3,(H,22,24). The molecule has 1 saturated heterocycles. The van der Waals surface area contributed by atoms with Crippen molar-refractivity contribution in [2.24, 2.45) is 5.92 Å². The highest BCUT2D eigenvalue weighted by Gasteiger charge is 2.33. The molecule has 1 aromatic carbocycles. The highest BCUT2D eigenvalue weighted by atomic mass is 32.2. The van der Waals surface area contributed by atoms with Crippen molar-refractivity contribution in [3.63, 3.8) is 0 Å². The van der Waals surface area contributed by atoms with Gasteiger partial charge in [0.25, 0.3) is 5.91 Å². The van der Waals surface area contributed by atoms with E-state index >= 15 is 0 Å². The number of hydrogen-bond acceptors (Lipinski definition) is 4. The van der Waals surface area contributed by atoms with Gasteiger partial charge in [0.05, 0.1) is 7.11 Å². The van der Waals surface area contributed by atoms with Crippen LogP contribution in [0.4, 0.5) is 0 Å². The first kappa shape index (κ1) is 21.1. The Morgan fingerprint density at radius 3 is 2.46 bits per heavy atom. The van der Waals surface area contributed by atoms with Crippen LogP contribution in [0.3, 0.4) is 0 Å². The van der Waals surface area contributed by atoms with Gasteiger partial charge in [0.15, 0.2) is 0 Å². The second-order valence-electron chi connectivity index (χ2n) is 8.26. The fourth-order valence-electron chi connectivity index (χ4n) is 4.25. The molecule has 2 aliphatic rings. The van der Waals surface area contributed by atoms with E-state index < -0.39 is 10.0 Å². The molecule has 1 aliphatic carbocycles. The molecule has 1 amide bonds. The van der Waals surface area contributed by atoms with E-state index in [4.69, 9.17) is 4.74 Å². The zero-order valence-corrected chi connectivity index (χ0v) is 17.9. The summed E-state index contributed by atoms with van der Waals surface area (Å²) >= 11 is 0. The topological polar surface area (TPSA) is 75.7 Å². The van der Waals surface area contributed by atoms with Gasteiger partial charge in [-0.1, -0.05) is 13.3 Å². The molecular formula is C21H32N2O4S. The molecule has 0 spiro atoms. The van der Waals surface area contributed by atoms with Crippen molar-refractivity contribution >= 4 is 15.9 Å². The Balaban J connectivity index is 1.84. The number of ether oxygens (including phenoxy) is 1. The number of nitrogens with zero attached hydrogens (tertiary/aromatic N) is 1. The largest absolute Gasteiger partial charge is 0.495 e. The molecule has 156 valence electrons. The summed E-state index contributed by atoms with van der Waals surface area (Å²) in [4.78, 5) is 12.8. The first-order valence-corrected chi connectivity index (χ1v) is 11.8. The van der Waals surface area contributed by atoms with Gasteiger partial charge in [0.2, 0.25) is 10.0 Å². The van der Waals surface area contributed by atoms with E-state index in [1.54, 1.807) is 16.4 Å². The molecular weight excluding hydrogens is 376 g/mol. The smallest absolute Gasteiger partial charge is 0.251 e. The lowest BCUT2D eigenvalue weighted by Crippen LogP contribution is -2.42. The number of methoxy groups -OCH3 is 1. The number of piperidine rings is 1. The molecule has 0 radical (unpaired) electrons. The second kappa shape index (κ2) is 8.82. The third-order valence-corrected chi connectivity index (χ3v) is 8.14. The van der Waals surface area contributed by atoms with Crippen molar-refractivity contribution in [1.29, 1.82) is 0 Å². The maximum absolute atomic E-state index is 13.3. The van der Waals surface area contributed by atoms with Crippen LogP contribution in [0, 0.1) is 5.92 Å². The Kier molecular flexibility index (Phi) is 6.65. The summed E-state index contributed by atoms with van der Waals surface area (Å²) in [6.07, 6.45) is 6.90. The van der Waals surface area contributed by atoms with E-state index in [0.29, 0.717) is 18.0 Å². The zero-order chi connectivity index (χ0) is 20.3. The summed E-state index contributed by atoms with van der Waals surface area (Å²) in [7, 11) is -2.27. The number of hydrogen-bond donors (Lipinski definition) is 1. The maximum Gasteiger partial charge on any atom is 0.251 e. The molecule has 28 heavy (non-hydrogen) atoms. The van der Waals surface area contributed by atoms with Crippen LogP contribution >= 0.6 is 0 Å². The highest BCUT2D eigenvalue weighted by molar-refractivity contribution is 7.89. The highest BCUT2D eigenvalue weighted by Crippen LogP contribution is 2.32. The zero-order valence-electron chi connectivity index (χ0n) is 17.1. The van der Waals surface area contributed by atoms with Gasteiger partial charge in [-0.25, -0.2) is 8.42 Å². The first-order chi connectivity index (χ1) is 13.3. The van der Waals surface area contributed by atoms with E-state index in [2.05, 4.69) is 12.2 Å². The van der Waals surface area contributed by atoms with Crippen LogP contribution in [0.1, 0.15) is 69.2 Å². The SMILES string of the molecule is COc1ccc(C(=O)NC2CCC(C)CC2)cc1S(=O)(=O)N1CCCCC1C. The molecule has 3 rings (SSSR count). The van der Waals surface area contributed by atoms with Crippen LogP contribution in [0.25, 0.3) is 0 Å². The normalized spacial score (nSPS) is 26.6. The molecule has 1 N–H and O–H groups in total. The minimum absolute atomic E-state index is 0.0508. The van der Waals surface area contributed by atoms with Crippen LogP contribution in [0.2, 0.25) is 0 Å². The molecule has 2 fully saturated rings. The van der Waals surface area contributed by atoms with Gasteiger partial charge in [-0.15, -0.1) is 0 Å². The summed E-state index contributed by atoms with van der Waals surface area (Å²) in [5.41, 5.74) is 0.364. The van der Waals surface area contributed by atoms with Crippen LogP contribution < -0.4 is 10.1 Å². The fourth-order valence-corrected chi connectivity index (χ4v) is 6.13. The fraction of sp³-hybridized carbons (Fsp3) is 0.667. The average molecular weight is 409 g/mol. The van der Waals surface area contributed by atoms with Crippen molar-refractivity contribution in [1.82, 2.24) is 9.62 Å². The molecule has 1 atom stereocenters. The van der Waals surface area contributed by atoms with Gasteiger partial charge in [-0.3, -0.25) is 4.79 Å². The van der Waals surface area contributed by atoms with Crippen molar-refractivity contribution in [2.45, 2.75) is 75.8 Å². The molecule has 1 aromatic rings. The summed E-state index contributed by atoms with van der Waals surface area (Å²) < 4.78 is 33.4. The van der Waals surface area contributed by atoms with Gasteiger partial charge in [0, 0.05) is 24.2 Å². The van der Waals surface area contributed by atoms with E-state index in [1.807, 2.05) is 6.92 Å².